The summed E-state index contributed by atoms with van der Waals surface area (Å²) in [5.41, 5.74) is 7.77. The van der Waals surface area contributed by atoms with E-state index in [1.54, 1.807) is 7.11 Å². The minimum absolute atomic E-state index is 0.438. The molecule has 2 fully saturated rings. The predicted molar refractivity (Wildman–Crippen MR) is 75.2 cm³/mol. The highest BCUT2D eigenvalue weighted by atomic mass is 16.5. The Labute approximate surface area is 114 Å². The van der Waals surface area contributed by atoms with E-state index in [4.69, 9.17) is 15.2 Å². The second-order valence-electron chi connectivity index (χ2n) is 5.45. The van der Waals surface area contributed by atoms with Crippen LogP contribution in [0.25, 0.3) is 0 Å². The summed E-state index contributed by atoms with van der Waals surface area (Å²) in [5, 5.41) is 0. The average Bonchev–Trinajstić information content (AvgIpc) is 2.90. The average molecular weight is 262 g/mol. The highest BCUT2D eigenvalue weighted by molar-refractivity contribution is 5.48. The highest BCUT2D eigenvalue weighted by Gasteiger charge is 2.36. The van der Waals surface area contributed by atoms with Crippen LogP contribution in [0.5, 0.6) is 5.75 Å². The zero-order chi connectivity index (χ0) is 13.2. The van der Waals surface area contributed by atoms with E-state index in [1.165, 1.54) is 24.8 Å². The van der Waals surface area contributed by atoms with Crippen LogP contribution in [-0.4, -0.2) is 37.3 Å². The van der Waals surface area contributed by atoms with Gasteiger partial charge in [-0.1, -0.05) is 6.07 Å². The Hall–Kier alpha value is -1.26. The SMILES string of the molecule is COc1cc(N)ccc1CN1CCOC2CCCC21. The first-order valence-corrected chi connectivity index (χ1v) is 7.06. The van der Waals surface area contributed by atoms with Gasteiger partial charge in [-0.05, 0) is 25.3 Å². The van der Waals surface area contributed by atoms with Gasteiger partial charge in [0.05, 0.1) is 19.8 Å². The summed E-state index contributed by atoms with van der Waals surface area (Å²) in [5.74, 6) is 0.890. The van der Waals surface area contributed by atoms with Crippen molar-refractivity contribution in [2.24, 2.45) is 0 Å². The Morgan fingerprint density at radius 3 is 3.16 bits per heavy atom. The van der Waals surface area contributed by atoms with Crippen molar-refractivity contribution in [3.63, 3.8) is 0 Å². The fourth-order valence-electron chi connectivity index (χ4n) is 3.31. The fraction of sp³-hybridized carbons (Fsp3) is 0.600. The maximum atomic E-state index is 5.85. The van der Waals surface area contributed by atoms with Crippen LogP contribution >= 0.6 is 0 Å². The molecule has 2 unspecified atom stereocenters. The van der Waals surface area contributed by atoms with E-state index in [1.807, 2.05) is 12.1 Å². The van der Waals surface area contributed by atoms with Gasteiger partial charge in [0.15, 0.2) is 0 Å². The summed E-state index contributed by atoms with van der Waals surface area (Å²) < 4.78 is 11.3. The van der Waals surface area contributed by atoms with E-state index in [-0.39, 0.29) is 0 Å². The Morgan fingerprint density at radius 1 is 1.42 bits per heavy atom. The number of hydrogen-bond donors (Lipinski definition) is 1. The molecule has 1 aromatic carbocycles. The second kappa shape index (κ2) is 5.39. The molecule has 2 N–H and O–H groups in total. The standard InChI is InChI=1S/C15H22N2O2/c1-18-15-9-12(16)6-5-11(15)10-17-7-8-19-14-4-2-3-13(14)17/h5-6,9,13-14H,2-4,7-8,10,16H2,1H3. The van der Waals surface area contributed by atoms with Gasteiger partial charge in [0, 0.05) is 36.4 Å². The van der Waals surface area contributed by atoms with Crippen molar-refractivity contribution in [2.75, 3.05) is 26.0 Å². The molecule has 1 heterocycles. The zero-order valence-electron chi connectivity index (χ0n) is 11.5. The number of nitrogens with zero attached hydrogens (tertiary/aromatic N) is 1. The molecule has 1 saturated heterocycles. The third kappa shape index (κ3) is 2.55. The lowest BCUT2D eigenvalue weighted by atomic mass is 10.1. The summed E-state index contributed by atoms with van der Waals surface area (Å²) >= 11 is 0. The molecule has 0 bridgehead atoms. The number of anilines is 1. The molecule has 1 aromatic rings. The third-order valence-corrected chi connectivity index (χ3v) is 4.28. The molecule has 2 aliphatic rings. The van der Waals surface area contributed by atoms with Crippen molar-refractivity contribution >= 4 is 5.69 Å². The minimum atomic E-state index is 0.438. The van der Waals surface area contributed by atoms with Gasteiger partial charge in [0.1, 0.15) is 5.75 Å². The Morgan fingerprint density at radius 2 is 2.32 bits per heavy atom. The molecule has 0 radical (unpaired) electrons. The van der Waals surface area contributed by atoms with Gasteiger partial charge in [0.2, 0.25) is 0 Å². The van der Waals surface area contributed by atoms with Crippen molar-refractivity contribution in [3.8, 4) is 5.75 Å². The van der Waals surface area contributed by atoms with E-state index < -0.39 is 0 Å². The molecule has 4 nitrogen and oxygen atoms in total. The summed E-state index contributed by atoms with van der Waals surface area (Å²) in [4.78, 5) is 2.54. The number of nitrogens with two attached hydrogens (primary N) is 1. The monoisotopic (exact) mass is 262 g/mol. The smallest absolute Gasteiger partial charge is 0.125 e. The van der Waals surface area contributed by atoms with Crippen molar-refractivity contribution in [3.05, 3.63) is 23.8 Å². The number of rotatable bonds is 3. The number of ether oxygens (including phenoxy) is 2. The topological polar surface area (TPSA) is 47.7 Å². The van der Waals surface area contributed by atoms with E-state index in [2.05, 4.69) is 11.0 Å². The fourth-order valence-corrected chi connectivity index (χ4v) is 3.31. The summed E-state index contributed by atoms with van der Waals surface area (Å²) in [7, 11) is 1.70. The van der Waals surface area contributed by atoms with E-state index in [9.17, 15) is 0 Å². The number of benzene rings is 1. The molecule has 0 spiro atoms. The maximum absolute atomic E-state index is 5.85. The molecule has 104 valence electrons. The third-order valence-electron chi connectivity index (χ3n) is 4.28. The van der Waals surface area contributed by atoms with E-state index in [0.29, 0.717) is 12.1 Å². The van der Waals surface area contributed by atoms with Gasteiger partial charge in [-0.25, -0.2) is 0 Å². The van der Waals surface area contributed by atoms with Gasteiger partial charge >= 0.3 is 0 Å². The molecule has 0 aromatic heterocycles. The molecular weight excluding hydrogens is 240 g/mol. The van der Waals surface area contributed by atoms with Crippen LogP contribution < -0.4 is 10.5 Å². The molecule has 1 saturated carbocycles. The lowest BCUT2D eigenvalue weighted by Crippen LogP contribution is -2.47. The quantitative estimate of drug-likeness (QED) is 0.847. The van der Waals surface area contributed by atoms with Crippen LogP contribution in [0.2, 0.25) is 0 Å². The first kappa shape index (κ1) is 12.8. The maximum Gasteiger partial charge on any atom is 0.125 e. The summed E-state index contributed by atoms with van der Waals surface area (Å²) in [6.07, 6.45) is 4.18. The zero-order valence-corrected chi connectivity index (χ0v) is 11.5. The largest absolute Gasteiger partial charge is 0.496 e. The molecule has 4 heteroatoms. The number of hydrogen-bond acceptors (Lipinski definition) is 4. The normalized spacial score (nSPS) is 27.2. The number of nitrogen functional groups attached to an aromatic ring is 1. The molecular formula is C15H22N2O2. The molecule has 1 aliphatic heterocycles. The lowest BCUT2D eigenvalue weighted by molar-refractivity contribution is -0.0589. The van der Waals surface area contributed by atoms with Gasteiger partial charge in [-0.2, -0.15) is 0 Å². The lowest BCUT2D eigenvalue weighted by Gasteiger charge is -2.37. The first-order chi connectivity index (χ1) is 9.28. The van der Waals surface area contributed by atoms with Crippen molar-refractivity contribution in [1.82, 2.24) is 4.90 Å². The van der Waals surface area contributed by atoms with Crippen LogP contribution in [0, 0.1) is 0 Å². The summed E-state index contributed by atoms with van der Waals surface area (Å²) in [6.45, 7) is 2.78. The Kier molecular flexibility index (Phi) is 3.62. The number of fused-ring (bicyclic) bond motifs is 1. The van der Waals surface area contributed by atoms with Gasteiger partial charge < -0.3 is 15.2 Å². The van der Waals surface area contributed by atoms with Crippen LogP contribution in [0.3, 0.4) is 0 Å². The van der Waals surface area contributed by atoms with Crippen molar-refractivity contribution in [1.29, 1.82) is 0 Å². The van der Waals surface area contributed by atoms with Crippen LogP contribution in [0.15, 0.2) is 18.2 Å². The minimum Gasteiger partial charge on any atom is -0.496 e. The Bertz CT molecular complexity index is 450. The van der Waals surface area contributed by atoms with Crippen LogP contribution in [0.4, 0.5) is 5.69 Å². The molecule has 0 amide bonds. The first-order valence-electron chi connectivity index (χ1n) is 7.06. The molecule has 2 atom stereocenters. The van der Waals surface area contributed by atoms with Gasteiger partial charge in [-0.15, -0.1) is 0 Å². The van der Waals surface area contributed by atoms with Crippen LogP contribution in [0.1, 0.15) is 24.8 Å². The predicted octanol–water partition coefficient (Wildman–Crippen LogP) is 2.03. The molecule has 19 heavy (non-hydrogen) atoms. The number of methoxy groups -OCH3 is 1. The molecule has 3 rings (SSSR count). The van der Waals surface area contributed by atoms with Gasteiger partial charge in [0.25, 0.3) is 0 Å². The number of morpholine rings is 1. The Balaban J connectivity index is 1.77. The highest BCUT2D eigenvalue weighted by Crippen LogP contribution is 2.32. The van der Waals surface area contributed by atoms with Gasteiger partial charge in [-0.3, -0.25) is 4.90 Å². The van der Waals surface area contributed by atoms with Crippen LogP contribution in [-0.2, 0) is 11.3 Å². The van der Waals surface area contributed by atoms with Crippen molar-refractivity contribution in [2.45, 2.75) is 38.0 Å². The van der Waals surface area contributed by atoms with E-state index >= 15 is 0 Å². The second-order valence-corrected chi connectivity index (χ2v) is 5.45. The molecule has 1 aliphatic carbocycles. The van der Waals surface area contributed by atoms with E-state index in [0.717, 1.165) is 31.1 Å². The summed E-state index contributed by atoms with van der Waals surface area (Å²) in [6, 6.07) is 6.51. The van der Waals surface area contributed by atoms with Crippen molar-refractivity contribution < 1.29 is 9.47 Å².